The van der Waals surface area contributed by atoms with E-state index in [0.717, 1.165) is 11.3 Å². The Labute approximate surface area is 125 Å². The van der Waals surface area contributed by atoms with Crippen LogP contribution in [0.5, 0.6) is 0 Å². The maximum Gasteiger partial charge on any atom is 0.138 e. The molecule has 3 heteroatoms. The topological polar surface area (TPSA) is 12.0 Å². The minimum atomic E-state index is 0.0462. The molecule has 0 spiro atoms. The third-order valence-corrected chi connectivity index (χ3v) is 2.37. The predicted octanol–water partition coefficient (Wildman–Crippen LogP) is 5.23. The van der Waals surface area contributed by atoms with Crippen LogP contribution >= 0.6 is 45.2 Å². The number of allylic oxidation sites excluding steroid dienone is 2. The average Bonchev–Trinajstić information content (AvgIpc) is 2.14. The fraction of sp³-hybridized carbons (Fsp3) is 0.231. The summed E-state index contributed by atoms with van der Waals surface area (Å²) in [4.78, 5) is 0. The monoisotopic (exact) mass is 439 g/mol. The first-order valence-corrected chi connectivity index (χ1v) is 7.12. The van der Waals surface area contributed by atoms with Crippen molar-refractivity contribution in [3.8, 4) is 0 Å². The maximum absolute atomic E-state index is 3.84. The number of rotatable bonds is 4. The smallest absolute Gasteiger partial charge is 0.138 e. The minimum Gasteiger partial charge on any atom is -0.363 e. The molecule has 1 nitrogen and oxygen atoms in total. The van der Waals surface area contributed by atoms with Crippen molar-refractivity contribution in [1.29, 1.82) is 0 Å². The van der Waals surface area contributed by atoms with Gasteiger partial charge in [-0.1, -0.05) is 36.4 Å². The Hall–Kier alpha value is -0.0400. The lowest BCUT2D eigenvalue weighted by Crippen LogP contribution is -2.17. The van der Waals surface area contributed by atoms with E-state index in [1.165, 1.54) is 5.56 Å². The van der Waals surface area contributed by atoms with Gasteiger partial charge in [0, 0.05) is 5.69 Å². The van der Waals surface area contributed by atoms with E-state index >= 15 is 0 Å². The van der Waals surface area contributed by atoms with Gasteiger partial charge in [-0.15, -0.1) is 0 Å². The van der Waals surface area contributed by atoms with Gasteiger partial charge in [0.15, 0.2) is 0 Å². The number of hydrogen-bond donors (Lipinski definition) is 1. The zero-order valence-corrected chi connectivity index (χ0v) is 13.7. The Balaban J connectivity index is 2.72. The second kappa shape index (κ2) is 6.05. The fourth-order valence-corrected chi connectivity index (χ4v) is 1.79. The SMILES string of the molecule is C=C(C)/C=C/c1ccc(NC(C)(I)I)cc1. The van der Waals surface area contributed by atoms with E-state index in [1.54, 1.807) is 0 Å². The Morgan fingerprint density at radius 2 is 1.88 bits per heavy atom. The van der Waals surface area contributed by atoms with Crippen LogP contribution in [0.3, 0.4) is 0 Å². The zero-order chi connectivity index (χ0) is 12.2. The van der Waals surface area contributed by atoms with Crippen LogP contribution in [0.4, 0.5) is 5.69 Å². The summed E-state index contributed by atoms with van der Waals surface area (Å²) in [6.07, 6.45) is 4.09. The van der Waals surface area contributed by atoms with Crippen molar-refractivity contribution >= 4 is 56.9 Å². The van der Waals surface area contributed by atoms with Gasteiger partial charge in [-0.25, -0.2) is 0 Å². The summed E-state index contributed by atoms with van der Waals surface area (Å²) in [5, 5.41) is 3.40. The first-order valence-electron chi connectivity index (χ1n) is 4.96. The standard InChI is InChI=1S/C13H15I2N/c1-10(2)4-5-11-6-8-12(9-7-11)16-13(3,14)15/h4-9,16H,1H2,2-3H3/b5-4+. The molecule has 0 bridgehead atoms. The van der Waals surface area contributed by atoms with Crippen LogP contribution in [0.1, 0.15) is 19.4 Å². The number of nitrogens with one attached hydrogen (secondary N) is 1. The molecule has 0 aliphatic carbocycles. The van der Waals surface area contributed by atoms with E-state index in [1.807, 2.05) is 13.0 Å². The van der Waals surface area contributed by atoms with Crippen LogP contribution in [0.25, 0.3) is 6.08 Å². The van der Waals surface area contributed by atoms with Gasteiger partial charge in [-0.05, 0) is 76.7 Å². The summed E-state index contributed by atoms with van der Waals surface area (Å²) in [5.41, 5.74) is 3.39. The molecular formula is C13H15I2N. The molecule has 0 heterocycles. The second-order valence-electron chi connectivity index (χ2n) is 3.82. The van der Waals surface area contributed by atoms with Crippen LogP contribution in [-0.4, -0.2) is 1.55 Å². The molecule has 1 aromatic carbocycles. The molecule has 0 saturated carbocycles. The fourth-order valence-electron chi connectivity index (χ4n) is 1.17. The normalized spacial score (nSPS) is 11.8. The molecule has 0 amide bonds. The molecule has 0 aliphatic rings. The van der Waals surface area contributed by atoms with Crippen LogP contribution < -0.4 is 5.32 Å². The van der Waals surface area contributed by atoms with Crippen molar-refractivity contribution < 1.29 is 0 Å². The van der Waals surface area contributed by atoms with E-state index in [2.05, 4.69) is 94.3 Å². The van der Waals surface area contributed by atoms with Gasteiger partial charge in [-0.3, -0.25) is 0 Å². The maximum atomic E-state index is 3.84. The van der Waals surface area contributed by atoms with Crippen molar-refractivity contribution in [2.24, 2.45) is 0 Å². The van der Waals surface area contributed by atoms with E-state index in [4.69, 9.17) is 0 Å². The van der Waals surface area contributed by atoms with E-state index in [9.17, 15) is 0 Å². The molecule has 1 rings (SSSR count). The average molecular weight is 439 g/mol. The first kappa shape index (κ1) is 14.0. The molecule has 0 atom stereocenters. The third-order valence-electron chi connectivity index (χ3n) is 1.83. The molecule has 0 aromatic heterocycles. The molecule has 0 aliphatic heterocycles. The van der Waals surface area contributed by atoms with Crippen molar-refractivity contribution in [2.75, 3.05) is 5.32 Å². The van der Waals surface area contributed by atoms with Gasteiger partial charge in [0.1, 0.15) is 1.55 Å². The number of halogens is 2. The highest BCUT2D eigenvalue weighted by Gasteiger charge is 2.12. The number of alkyl halides is 2. The Bertz CT molecular complexity index is 385. The highest BCUT2D eigenvalue weighted by Crippen LogP contribution is 2.28. The van der Waals surface area contributed by atoms with Crippen LogP contribution in [0, 0.1) is 0 Å². The molecule has 0 fully saturated rings. The molecule has 0 saturated heterocycles. The van der Waals surface area contributed by atoms with Crippen molar-refractivity contribution in [3.63, 3.8) is 0 Å². The van der Waals surface area contributed by atoms with Gasteiger partial charge >= 0.3 is 0 Å². The molecule has 0 unspecified atom stereocenters. The van der Waals surface area contributed by atoms with Crippen LogP contribution in [0.15, 0.2) is 42.5 Å². The summed E-state index contributed by atoms with van der Waals surface area (Å²) in [6.45, 7) is 7.95. The van der Waals surface area contributed by atoms with Crippen molar-refractivity contribution in [2.45, 2.75) is 15.4 Å². The van der Waals surface area contributed by atoms with Crippen LogP contribution in [0.2, 0.25) is 0 Å². The zero-order valence-electron chi connectivity index (χ0n) is 9.43. The molecule has 1 aromatic rings. The molecule has 1 N–H and O–H groups in total. The Morgan fingerprint density at radius 1 is 1.31 bits per heavy atom. The van der Waals surface area contributed by atoms with Crippen LogP contribution in [-0.2, 0) is 0 Å². The number of hydrogen-bond acceptors (Lipinski definition) is 1. The van der Waals surface area contributed by atoms with Gasteiger partial charge < -0.3 is 5.32 Å². The van der Waals surface area contributed by atoms with E-state index < -0.39 is 0 Å². The van der Waals surface area contributed by atoms with E-state index in [0.29, 0.717) is 0 Å². The minimum absolute atomic E-state index is 0.0462. The number of benzene rings is 1. The summed E-state index contributed by atoms with van der Waals surface area (Å²) in [7, 11) is 0. The lowest BCUT2D eigenvalue weighted by molar-refractivity contribution is 1.14. The highest BCUT2D eigenvalue weighted by molar-refractivity contribution is 14.2. The third kappa shape index (κ3) is 5.89. The lowest BCUT2D eigenvalue weighted by atomic mass is 10.1. The van der Waals surface area contributed by atoms with Crippen molar-refractivity contribution in [3.05, 3.63) is 48.1 Å². The van der Waals surface area contributed by atoms with Gasteiger partial charge in [-0.2, -0.15) is 0 Å². The van der Waals surface area contributed by atoms with Crippen molar-refractivity contribution in [1.82, 2.24) is 0 Å². The second-order valence-corrected chi connectivity index (χ2v) is 10.2. The Kier molecular flexibility index (Phi) is 5.30. The Morgan fingerprint density at radius 3 is 2.31 bits per heavy atom. The van der Waals surface area contributed by atoms with Gasteiger partial charge in [0.2, 0.25) is 0 Å². The highest BCUT2D eigenvalue weighted by atomic mass is 127. The lowest BCUT2D eigenvalue weighted by Gasteiger charge is -2.18. The summed E-state index contributed by atoms with van der Waals surface area (Å²) in [6, 6.07) is 8.38. The number of anilines is 1. The summed E-state index contributed by atoms with van der Waals surface area (Å²) in [5.74, 6) is 0. The van der Waals surface area contributed by atoms with E-state index in [-0.39, 0.29) is 1.55 Å². The summed E-state index contributed by atoms with van der Waals surface area (Å²) >= 11 is 4.73. The molecule has 0 radical (unpaired) electrons. The molecule has 16 heavy (non-hydrogen) atoms. The van der Waals surface area contributed by atoms with Gasteiger partial charge in [0.05, 0.1) is 0 Å². The quantitative estimate of drug-likeness (QED) is 0.293. The molecule has 86 valence electrons. The predicted molar refractivity (Wildman–Crippen MR) is 90.4 cm³/mol. The van der Waals surface area contributed by atoms with Gasteiger partial charge in [0.25, 0.3) is 0 Å². The first-order chi connectivity index (χ1) is 7.37. The largest absolute Gasteiger partial charge is 0.363 e. The summed E-state index contributed by atoms with van der Waals surface area (Å²) < 4.78 is 0.0462. The molecular weight excluding hydrogens is 424 g/mol.